The Morgan fingerprint density at radius 3 is 3.24 bits per heavy atom. The topological polar surface area (TPSA) is 41.6 Å². The van der Waals surface area contributed by atoms with E-state index in [2.05, 4.69) is 27.9 Å². The molecular weight excluding hydrogens is 351 g/mol. The van der Waals surface area contributed by atoms with Gasteiger partial charge in [0.05, 0.1) is 21.2 Å². The lowest BCUT2D eigenvalue weighted by molar-refractivity contribution is -0.0196. The number of nitrogens with one attached hydrogen (secondary N) is 1. The number of hydrogen-bond donors (Lipinski definition) is 1. The second-order valence-corrected chi connectivity index (χ2v) is 6.75. The first kappa shape index (κ1) is 13.3. The third-order valence-electron chi connectivity index (χ3n) is 2.67. The maximum absolute atomic E-state index is 12.2. The minimum atomic E-state index is 0.107. The second-order valence-electron chi connectivity index (χ2n) is 3.94. The lowest BCUT2D eigenvalue weighted by atomic mass is 10.2. The fourth-order valence-corrected chi connectivity index (χ4v) is 3.18. The number of rotatable bonds is 3. The average molecular weight is 366 g/mol. The van der Waals surface area contributed by atoms with E-state index in [1.807, 2.05) is 23.4 Å². The molecule has 1 fully saturated rings. The van der Waals surface area contributed by atoms with Crippen LogP contribution < -0.4 is 5.32 Å². The number of likely N-dealkylation sites (N-methyl/N-ethyl adjacent to an activating group) is 1. The molecule has 1 atom stereocenters. The van der Waals surface area contributed by atoms with Crippen molar-refractivity contribution in [1.29, 1.82) is 0 Å². The summed E-state index contributed by atoms with van der Waals surface area (Å²) < 4.78 is 6.73. The highest BCUT2D eigenvalue weighted by Gasteiger charge is 2.24. The molecule has 1 aromatic heterocycles. The van der Waals surface area contributed by atoms with Crippen molar-refractivity contribution in [2.24, 2.45) is 0 Å². The van der Waals surface area contributed by atoms with Crippen molar-refractivity contribution >= 4 is 39.8 Å². The summed E-state index contributed by atoms with van der Waals surface area (Å²) in [5, 5.41) is 5.00. The summed E-state index contributed by atoms with van der Waals surface area (Å²) in [5.41, 5.74) is 0.796. The Balaban J connectivity index is 1.99. The lowest BCUT2D eigenvalue weighted by Crippen LogP contribution is -2.48. The zero-order valence-corrected chi connectivity index (χ0v) is 12.6. The SMILES string of the molecule is CNCC1CN(C(=O)c2csc(I)c2)CCO1. The van der Waals surface area contributed by atoms with Crippen LogP contribution in [0.3, 0.4) is 0 Å². The number of ether oxygens (including phenoxy) is 1. The zero-order valence-electron chi connectivity index (χ0n) is 9.61. The second kappa shape index (κ2) is 6.12. The van der Waals surface area contributed by atoms with Gasteiger partial charge in [-0.15, -0.1) is 11.3 Å². The van der Waals surface area contributed by atoms with E-state index in [-0.39, 0.29) is 12.0 Å². The molecule has 1 saturated heterocycles. The monoisotopic (exact) mass is 366 g/mol. The van der Waals surface area contributed by atoms with E-state index in [1.165, 1.54) is 0 Å². The number of thiophene rings is 1. The molecule has 1 aromatic rings. The van der Waals surface area contributed by atoms with Crippen LogP contribution in [-0.2, 0) is 4.74 Å². The van der Waals surface area contributed by atoms with Gasteiger partial charge in [0.2, 0.25) is 0 Å². The molecule has 2 heterocycles. The van der Waals surface area contributed by atoms with Gasteiger partial charge in [-0.2, -0.15) is 0 Å². The van der Waals surface area contributed by atoms with Crippen LogP contribution in [0.25, 0.3) is 0 Å². The predicted molar refractivity (Wildman–Crippen MR) is 76.6 cm³/mol. The van der Waals surface area contributed by atoms with Gasteiger partial charge in [-0.25, -0.2) is 0 Å². The fraction of sp³-hybridized carbons (Fsp3) is 0.545. The molecule has 0 aromatic carbocycles. The van der Waals surface area contributed by atoms with E-state index >= 15 is 0 Å². The molecule has 1 aliphatic rings. The van der Waals surface area contributed by atoms with E-state index in [4.69, 9.17) is 4.74 Å². The van der Waals surface area contributed by atoms with Crippen LogP contribution in [0.5, 0.6) is 0 Å². The molecule has 1 amide bonds. The summed E-state index contributed by atoms with van der Waals surface area (Å²) in [4.78, 5) is 14.1. The van der Waals surface area contributed by atoms with Crippen molar-refractivity contribution in [2.75, 3.05) is 33.3 Å². The summed E-state index contributed by atoms with van der Waals surface area (Å²) in [7, 11) is 1.89. The Morgan fingerprint density at radius 1 is 1.76 bits per heavy atom. The summed E-state index contributed by atoms with van der Waals surface area (Å²) in [6.07, 6.45) is 0.107. The third kappa shape index (κ3) is 3.40. The van der Waals surface area contributed by atoms with Gasteiger partial charge in [-0.3, -0.25) is 4.79 Å². The van der Waals surface area contributed by atoms with Crippen molar-refractivity contribution in [3.63, 3.8) is 0 Å². The van der Waals surface area contributed by atoms with Crippen LogP contribution >= 0.6 is 33.9 Å². The average Bonchev–Trinajstić information content (AvgIpc) is 2.76. The normalized spacial score (nSPS) is 20.6. The number of hydrogen-bond acceptors (Lipinski definition) is 4. The summed E-state index contributed by atoms with van der Waals surface area (Å²) in [6.45, 7) is 2.77. The highest BCUT2D eigenvalue weighted by atomic mass is 127. The Bertz CT molecular complexity index is 395. The zero-order chi connectivity index (χ0) is 12.3. The quantitative estimate of drug-likeness (QED) is 0.823. The minimum absolute atomic E-state index is 0.107. The predicted octanol–water partition coefficient (Wildman–Crippen LogP) is 1.41. The first-order chi connectivity index (χ1) is 8.20. The first-order valence-electron chi connectivity index (χ1n) is 5.50. The summed E-state index contributed by atoms with van der Waals surface area (Å²) in [5.74, 6) is 0.119. The van der Waals surface area contributed by atoms with Crippen molar-refractivity contribution in [3.05, 3.63) is 19.9 Å². The molecule has 0 spiro atoms. The van der Waals surface area contributed by atoms with Gasteiger partial charge in [0.1, 0.15) is 0 Å². The highest BCUT2D eigenvalue weighted by Crippen LogP contribution is 2.19. The summed E-state index contributed by atoms with van der Waals surface area (Å²) >= 11 is 3.84. The van der Waals surface area contributed by atoms with Gasteiger partial charge in [0, 0.05) is 25.0 Å². The molecule has 6 heteroatoms. The molecule has 1 aliphatic heterocycles. The molecular formula is C11H15IN2O2S. The van der Waals surface area contributed by atoms with Gasteiger partial charge in [0.25, 0.3) is 5.91 Å². The van der Waals surface area contributed by atoms with Crippen LogP contribution in [-0.4, -0.2) is 50.2 Å². The maximum atomic E-state index is 12.2. The van der Waals surface area contributed by atoms with E-state index in [0.29, 0.717) is 19.7 Å². The van der Waals surface area contributed by atoms with Crippen molar-refractivity contribution < 1.29 is 9.53 Å². The number of carbonyl (C=O) groups excluding carboxylic acids is 1. The maximum Gasteiger partial charge on any atom is 0.254 e. The molecule has 17 heavy (non-hydrogen) atoms. The van der Waals surface area contributed by atoms with Gasteiger partial charge in [-0.05, 0) is 35.7 Å². The van der Waals surface area contributed by atoms with Crippen LogP contribution in [0.15, 0.2) is 11.4 Å². The fourth-order valence-electron chi connectivity index (χ4n) is 1.86. The number of carbonyl (C=O) groups is 1. The Kier molecular flexibility index (Phi) is 4.78. The van der Waals surface area contributed by atoms with Crippen LogP contribution in [0, 0.1) is 2.88 Å². The van der Waals surface area contributed by atoms with Crippen LogP contribution in [0.1, 0.15) is 10.4 Å². The van der Waals surface area contributed by atoms with Crippen LogP contribution in [0.2, 0.25) is 0 Å². The van der Waals surface area contributed by atoms with Crippen molar-refractivity contribution in [2.45, 2.75) is 6.10 Å². The molecule has 1 N–H and O–H groups in total. The smallest absolute Gasteiger partial charge is 0.254 e. The number of morpholine rings is 1. The van der Waals surface area contributed by atoms with Gasteiger partial charge >= 0.3 is 0 Å². The van der Waals surface area contributed by atoms with Crippen molar-refractivity contribution in [1.82, 2.24) is 10.2 Å². The highest BCUT2D eigenvalue weighted by molar-refractivity contribution is 14.1. The van der Waals surface area contributed by atoms with E-state index in [9.17, 15) is 4.79 Å². The molecule has 2 rings (SSSR count). The molecule has 0 aliphatic carbocycles. The minimum Gasteiger partial charge on any atom is -0.373 e. The molecule has 4 nitrogen and oxygen atoms in total. The summed E-state index contributed by atoms with van der Waals surface area (Å²) in [6, 6.07) is 1.94. The molecule has 0 radical (unpaired) electrons. The molecule has 0 saturated carbocycles. The van der Waals surface area contributed by atoms with Gasteiger partial charge < -0.3 is 15.0 Å². The lowest BCUT2D eigenvalue weighted by Gasteiger charge is -2.32. The van der Waals surface area contributed by atoms with E-state index in [1.54, 1.807) is 11.3 Å². The Hall–Kier alpha value is -0.180. The first-order valence-corrected chi connectivity index (χ1v) is 7.46. The standard InChI is InChI=1S/C11H15IN2O2S/c1-13-5-9-6-14(2-3-16-9)11(15)8-4-10(12)17-7-8/h4,7,9,13H,2-3,5-6H2,1H3. The van der Waals surface area contributed by atoms with E-state index in [0.717, 1.165) is 15.0 Å². The van der Waals surface area contributed by atoms with Gasteiger partial charge in [0.15, 0.2) is 0 Å². The Morgan fingerprint density at radius 2 is 2.59 bits per heavy atom. The molecule has 1 unspecified atom stereocenters. The largest absolute Gasteiger partial charge is 0.373 e. The number of amides is 1. The van der Waals surface area contributed by atoms with E-state index < -0.39 is 0 Å². The van der Waals surface area contributed by atoms with Crippen LogP contribution in [0.4, 0.5) is 0 Å². The molecule has 94 valence electrons. The number of halogens is 1. The number of nitrogens with zero attached hydrogens (tertiary/aromatic N) is 1. The molecule has 0 bridgehead atoms. The van der Waals surface area contributed by atoms with Gasteiger partial charge in [-0.1, -0.05) is 0 Å². The van der Waals surface area contributed by atoms with Crippen molar-refractivity contribution in [3.8, 4) is 0 Å². The third-order valence-corrected chi connectivity index (χ3v) is 4.46. The Labute approximate surface area is 118 Å².